The van der Waals surface area contributed by atoms with Crippen molar-refractivity contribution in [2.75, 3.05) is 0 Å². The highest BCUT2D eigenvalue weighted by Gasteiger charge is 2.20. The van der Waals surface area contributed by atoms with E-state index in [4.69, 9.17) is 34.8 Å². The molecule has 2 rings (SSSR count). The molecule has 0 N–H and O–H groups in total. The van der Waals surface area contributed by atoms with Crippen LogP contribution in [0.5, 0.6) is 5.75 Å². The summed E-state index contributed by atoms with van der Waals surface area (Å²) in [4.78, 5) is 14.5. The maximum atomic E-state index is 12.3. The first kappa shape index (κ1) is 17.5. The van der Waals surface area contributed by atoms with Gasteiger partial charge < -0.3 is 5.11 Å². The molecule has 0 heterocycles. The molecule has 0 spiro atoms. The molecule has 0 aromatic heterocycles. The summed E-state index contributed by atoms with van der Waals surface area (Å²) in [5.74, 6) is -0.740. The largest absolute Gasteiger partial charge is 0.867 e. The van der Waals surface area contributed by atoms with Gasteiger partial charge in [0.25, 0.3) is 5.69 Å². The van der Waals surface area contributed by atoms with Gasteiger partial charge in [-0.25, -0.2) is 0 Å². The van der Waals surface area contributed by atoms with Gasteiger partial charge in [-0.15, -0.1) is 0 Å². The molecule has 0 amide bonds. The Labute approximate surface area is 147 Å². The van der Waals surface area contributed by atoms with E-state index >= 15 is 0 Å². The van der Waals surface area contributed by atoms with Crippen molar-refractivity contribution < 1.29 is 10.0 Å². The number of rotatable bonds is 3. The second kappa shape index (κ2) is 6.74. The van der Waals surface area contributed by atoms with Crippen molar-refractivity contribution in [3.8, 4) is 5.75 Å². The molecule has 0 saturated heterocycles. The third-order valence-corrected chi connectivity index (χ3v) is 4.42. The topological polar surface area (TPSA) is 78.6 Å². The van der Waals surface area contributed by atoms with Crippen LogP contribution in [0.2, 0.25) is 15.1 Å². The zero-order chi connectivity index (χ0) is 17.3. The Hall–Kier alpha value is -1.82. The number of hydrogen-bond acceptors (Lipinski definition) is 4. The van der Waals surface area contributed by atoms with Crippen LogP contribution in [0.1, 0.15) is 16.7 Å². The Morgan fingerprint density at radius 1 is 1.17 bits per heavy atom. The molecule has 23 heavy (non-hydrogen) atoms. The van der Waals surface area contributed by atoms with Gasteiger partial charge in [0.1, 0.15) is 0 Å². The predicted octanol–water partition coefficient (Wildman–Crippen LogP) is 5.00. The van der Waals surface area contributed by atoms with Crippen LogP contribution in [0.15, 0.2) is 23.2 Å². The summed E-state index contributed by atoms with van der Waals surface area (Å²) < 4.78 is 0. The number of aliphatic imine (C=N–C) groups is 1. The molecular weight excluding hydrogens is 363 g/mol. The van der Waals surface area contributed by atoms with E-state index in [1.165, 1.54) is 19.2 Å². The Morgan fingerprint density at radius 3 is 2.43 bits per heavy atom. The third kappa shape index (κ3) is 3.42. The van der Waals surface area contributed by atoms with Crippen LogP contribution < -0.4 is 5.11 Å². The summed E-state index contributed by atoms with van der Waals surface area (Å²) in [7, 11) is 0. The van der Waals surface area contributed by atoms with Crippen molar-refractivity contribution in [3.63, 3.8) is 0 Å². The van der Waals surface area contributed by atoms with Crippen molar-refractivity contribution in [3.05, 3.63) is 60.1 Å². The van der Waals surface area contributed by atoms with Gasteiger partial charge in [-0.2, -0.15) is 0 Å². The van der Waals surface area contributed by atoms with E-state index in [0.717, 1.165) is 0 Å². The van der Waals surface area contributed by atoms with Crippen molar-refractivity contribution in [2.45, 2.75) is 13.8 Å². The van der Waals surface area contributed by atoms with E-state index in [1.54, 1.807) is 19.1 Å². The van der Waals surface area contributed by atoms with Gasteiger partial charge in [0.2, 0.25) is 0 Å². The van der Waals surface area contributed by atoms with E-state index in [1.807, 2.05) is 0 Å². The highest BCUT2D eigenvalue weighted by atomic mass is 35.5. The summed E-state index contributed by atoms with van der Waals surface area (Å²) in [6.45, 7) is 3.03. The second-order valence-electron chi connectivity index (χ2n) is 4.77. The molecule has 8 heteroatoms. The molecule has 0 bridgehead atoms. The van der Waals surface area contributed by atoms with Crippen molar-refractivity contribution in [2.24, 2.45) is 4.99 Å². The Bertz CT molecular complexity index is 835. The van der Waals surface area contributed by atoms with Gasteiger partial charge in [0.15, 0.2) is 0 Å². The Balaban J connectivity index is 2.62. The van der Waals surface area contributed by atoms with Crippen LogP contribution in [-0.4, -0.2) is 11.1 Å². The standard InChI is InChI=1S/C15H11Cl3N2O3/c1-7-10(6-19-12-5-9(16)3-4-11(12)17)15(21)14(20(22)23)8(2)13(7)18/h3-6,21H,1-2H3/p-1. The fourth-order valence-corrected chi connectivity index (χ4v) is 2.59. The zero-order valence-corrected chi connectivity index (χ0v) is 14.3. The minimum absolute atomic E-state index is 0.0448. The summed E-state index contributed by atoms with van der Waals surface area (Å²) >= 11 is 18.0. The van der Waals surface area contributed by atoms with Crippen LogP contribution in [-0.2, 0) is 0 Å². The lowest BCUT2D eigenvalue weighted by Gasteiger charge is -2.17. The number of hydrogen-bond donors (Lipinski definition) is 0. The number of benzene rings is 2. The quantitative estimate of drug-likeness (QED) is 0.432. The predicted molar refractivity (Wildman–Crippen MR) is 90.7 cm³/mol. The molecule has 120 valence electrons. The third-order valence-electron chi connectivity index (χ3n) is 3.30. The highest BCUT2D eigenvalue weighted by Crippen LogP contribution is 2.38. The number of nitro groups is 1. The lowest BCUT2D eigenvalue weighted by molar-refractivity contribution is -0.398. The first-order valence-electron chi connectivity index (χ1n) is 6.37. The van der Waals surface area contributed by atoms with Gasteiger partial charge in [-0.05, 0) is 48.9 Å². The molecule has 0 saturated carbocycles. The first-order valence-corrected chi connectivity index (χ1v) is 7.50. The molecule has 2 aromatic carbocycles. The SMILES string of the molecule is Cc1c(Cl)c(C)c([N+](=O)[O-])c([O-])c1C=Nc1cc(Cl)ccc1Cl. The molecule has 0 fully saturated rings. The molecule has 0 aliphatic heterocycles. The van der Waals surface area contributed by atoms with E-state index in [9.17, 15) is 15.2 Å². The minimum Gasteiger partial charge on any atom is -0.867 e. The van der Waals surface area contributed by atoms with Crippen molar-refractivity contribution >= 4 is 52.4 Å². The van der Waals surface area contributed by atoms with Crippen molar-refractivity contribution in [1.29, 1.82) is 0 Å². The van der Waals surface area contributed by atoms with E-state index in [2.05, 4.69) is 4.99 Å². The number of nitro benzene ring substituents is 1. The molecule has 0 aliphatic rings. The highest BCUT2D eigenvalue weighted by molar-refractivity contribution is 6.35. The fourth-order valence-electron chi connectivity index (χ4n) is 2.07. The van der Waals surface area contributed by atoms with Gasteiger partial charge in [0, 0.05) is 16.8 Å². The monoisotopic (exact) mass is 371 g/mol. The molecule has 0 atom stereocenters. The first-order chi connectivity index (χ1) is 10.7. The lowest BCUT2D eigenvalue weighted by Crippen LogP contribution is -2.07. The lowest BCUT2D eigenvalue weighted by atomic mass is 10.0. The van der Waals surface area contributed by atoms with E-state index in [0.29, 0.717) is 21.3 Å². The van der Waals surface area contributed by atoms with Crippen LogP contribution in [0, 0.1) is 24.0 Å². The summed E-state index contributed by atoms with van der Waals surface area (Å²) in [5.41, 5.74) is 0.388. The molecule has 0 radical (unpaired) electrons. The summed E-state index contributed by atoms with van der Waals surface area (Å²) in [5, 5.41) is 24.3. The maximum absolute atomic E-state index is 12.3. The van der Waals surface area contributed by atoms with E-state index in [-0.39, 0.29) is 16.1 Å². The average Bonchev–Trinajstić information content (AvgIpc) is 2.48. The van der Waals surface area contributed by atoms with Crippen LogP contribution in [0.3, 0.4) is 0 Å². The van der Waals surface area contributed by atoms with Gasteiger partial charge in [0.05, 0.1) is 20.7 Å². The summed E-state index contributed by atoms with van der Waals surface area (Å²) in [6.07, 6.45) is 1.22. The Kier molecular flexibility index (Phi) is 5.14. The average molecular weight is 373 g/mol. The van der Waals surface area contributed by atoms with Crippen molar-refractivity contribution in [1.82, 2.24) is 0 Å². The molecular formula is C15H10Cl3N2O3-. The summed E-state index contributed by atoms with van der Waals surface area (Å²) in [6, 6.07) is 4.68. The molecule has 2 aromatic rings. The van der Waals surface area contributed by atoms with Gasteiger partial charge in [-0.1, -0.05) is 34.8 Å². The zero-order valence-electron chi connectivity index (χ0n) is 12.1. The number of halogens is 3. The molecule has 0 unspecified atom stereocenters. The van der Waals surface area contributed by atoms with E-state index < -0.39 is 16.4 Å². The Morgan fingerprint density at radius 2 is 1.83 bits per heavy atom. The molecule has 5 nitrogen and oxygen atoms in total. The van der Waals surface area contributed by atoms with Gasteiger partial charge >= 0.3 is 0 Å². The second-order valence-corrected chi connectivity index (χ2v) is 5.99. The van der Waals surface area contributed by atoms with Crippen LogP contribution in [0.4, 0.5) is 11.4 Å². The fraction of sp³-hybridized carbons (Fsp3) is 0.133. The maximum Gasteiger partial charge on any atom is 0.266 e. The van der Waals surface area contributed by atoms with Gasteiger partial charge in [-0.3, -0.25) is 15.1 Å². The smallest absolute Gasteiger partial charge is 0.266 e. The normalized spacial score (nSPS) is 11.2. The number of nitrogens with zero attached hydrogens (tertiary/aromatic N) is 2. The molecule has 0 aliphatic carbocycles. The van der Waals surface area contributed by atoms with Crippen LogP contribution >= 0.6 is 34.8 Å². The van der Waals surface area contributed by atoms with Crippen LogP contribution in [0.25, 0.3) is 0 Å². The minimum atomic E-state index is -0.743.